The average Bonchev–Trinajstić information content (AvgIpc) is 2.76. The fourth-order valence-corrected chi connectivity index (χ4v) is 1.69. The Morgan fingerprint density at radius 1 is 1.31 bits per heavy atom. The predicted octanol–water partition coefficient (Wildman–Crippen LogP) is 3.21. The highest BCUT2D eigenvalue weighted by molar-refractivity contribution is 5.54. The first-order valence-corrected chi connectivity index (χ1v) is 5.70. The lowest BCUT2D eigenvalue weighted by molar-refractivity contribution is 0.772. The van der Waals surface area contributed by atoms with Crippen LogP contribution in [0.5, 0.6) is 0 Å². The maximum absolute atomic E-state index is 4.29. The van der Waals surface area contributed by atoms with Crippen molar-refractivity contribution in [2.24, 2.45) is 0 Å². The van der Waals surface area contributed by atoms with Gasteiger partial charge in [-0.15, -0.1) is 0 Å². The molecule has 0 spiro atoms. The van der Waals surface area contributed by atoms with Gasteiger partial charge in [-0.05, 0) is 31.0 Å². The van der Waals surface area contributed by atoms with Crippen molar-refractivity contribution >= 4 is 11.6 Å². The summed E-state index contributed by atoms with van der Waals surface area (Å²) in [6, 6.07) is 8.43. The van der Waals surface area contributed by atoms with Gasteiger partial charge in [-0.25, -0.2) is 4.98 Å². The third-order valence-corrected chi connectivity index (χ3v) is 2.65. The van der Waals surface area contributed by atoms with Crippen molar-refractivity contribution in [3.63, 3.8) is 0 Å². The first-order valence-electron chi connectivity index (χ1n) is 5.70. The number of nitrogens with zero attached hydrogens (tertiary/aromatic N) is 2. The molecule has 3 heteroatoms. The molecule has 0 aliphatic rings. The van der Waals surface area contributed by atoms with Crippen molar-refractivity contribution in [3.05, 3.63) is 42.2 Å². The smallest absolute Gasteiger partial charge is 0.207 e. The summed E-state index contributed by atoms with van der Waals surface area (Å²) in [4.78, 5) is 4.29. The van der Waals surface area contributed by atoms with Crippen LogP contribution in [0.15, 0.2) is 36.7 Å². The van der Waals surface area contributed by atoms with Crippen LogP contribution in [0, 0.1) is 0 Å². The lowest BCUT2D eigenvalue weighted by Gasteiger charge is -2.08. The molecular formula is C13H17N3. The van der Waals surface area contributed by atoms with Gasteiger partial charge in [-0.3, -0.25) is 0 Å². The van der Waals surface area contributed by atoms with Gasteiger partial charge < -0.3 is 9.88 Å². The molecule has 0 aliphatic heterocycles. The van der Waals surface area contributed by atoms with Gasteiger partial charge >= 0.3 is 0 Å². The second kappa shape index (κ2) is 4.84. The molecule has 0 unspecified atom stereocenters. The third kappa shape index (κ3) is 2.24. The van der Waals surface area contributed by atoms with E-state index in [2.05, 4.69) is 53.0 Å². The number of aryl methyl sites for hydroxylation is 2. The number of nitrogens with one attached hydrogen (secondary N) is 1. The quantitative estimate of drug-likeness (QED) is 0.848. The molecule has 1 N–H and O–H groups in total. The van der Waals surface area contributed by atoms with E-state index < -0.39 is 0 Å². The molecule has 2 aromatic rings. The number of anilines is 2. The topological polar surface area (TPSA) is 29.9 Å². The van der Waals surface area contributed by atoms with E-state index >= 15 is 0 Å². The summed E-state index contributed by atoms with van der Waals surface area (Å²) >= 11 is 0. The number of hydrogen-bond acceptors (Lipinski definition) is 2. The van der Waals surface area contributed by atoms with Crippen LogP contribution in [0.3, 0.4) is 0 Å². The number of hydrogen-bond donors (Lipinski definition) is 1. The molecule has 84 valence electrons. The Morgan fingerprint density at radius 3 is 2.94 bits per heavy atom. The molecule has 1 heterocycles. The van der Waals surface area contributed by atoms with Crippen LogP contribution in [-0.4, -0.2) is 9.55 Å². The third-order valence-electron chi connectivity index (χ3n) is 2.65. The zero-order valence-electron chi connectivity index (χ0n) is 9.77. The van der Waals surface area contributed by atoms with Crippen LogP contribution in [-0.2, 0) is 13.0 Å². The molecule has 0 bridgehead atoms. The highest BCUT2D eigenvalue weighted by atomic mass is 15.2. The standard InChI is InChI=1S/C13H17N3/c1-3-11-6-5-7-12(10-11)15-13-14-8-9-16(13)4-2/h5-10H,3-4H2,1-2H3,(H,14,15). The minimum Gasteiger partial charge on any atom is -0.326 e. The normalized spacial score (nSPS) is 10.4. The van der Waals surface area contributed by atoms with Crippen LogP contribution >= 0.6 is 0 Å². The summed E-state index contributed by atoms with van der Waals surface area (Å²) in [5.74, 6) is 0.899. The summed E-state index contributed by atoms with van der Waals surface area (Å²) in [6.07, 6.45) is 4.85. The van der Waals surface area contributed by atoms with E-state index in [4.69, 9.17) is 0 Å². The van der Waals surface area contributed by atoms with E-state index in [9.17, 15) is 0 Å². The highest BCUT2D eigenvalue weighted by Gasteiger charge is 2.01. The van der Waals surface area contributed by atoms with E-state index in [0.29, 0.717) is 0 Å². The van der Waals surface area contributed by atoms with Crippen molar-refractivity contribution in [1.29, 1.82) is 0 Å². The second-order valence-corrected chi connectivity index (χ2v) is 3.72. The summed E-state index contributed by atoms with van der Waals surface area (Å²) in [5, 5.41) is 3.33. The Hall–Kier alpha value is -1.77. The van der Waals surface area contributed by atoms with E-state index in [-0.39, 0.29) is 0 Å². The first kappa shape index (κ1) is 10.7. The van der Waals surface area contributed by atoms with Crippen molar-refractivity contribution in [3.8, 4) is 0 Å². The zero-order valence-corrected chi connectivity index (χ0v) is 9.77. The zero-order chi connectivity index (χ0) is 11.4. The van der Waals surface area contributed by atoms with Gasteiger partial charge in [-0.1, -0.05) is 19.1 Å². The lowest BCUT2D eigenvalue weighted by atomic mass is 10.1. The van der Waals surface area contributed by atoms with Crippen molar-refractivity contribution in [1.82, 2.24) is 9.55 Å². The number of benzene rings is 1. The fraction of sp³-hybridized carbons (Fsp3) is 0.308. The van der Waals surface area contributed by atoms with E-state index in [1.54, 1.807) is 0 Å². The van der Waals surface area contributed by atoms with Crippen LogP contribution in [0.1, 0.15) is 19.4 Å². The van der Waals surface area contributed by atoms with Crippen LogP contribution < -0.4 is 5.32 Å². The van der Waals surface area contributed by atoms with Crippen LogP contribution in [0.4, 0.5) is 11.6 Å². The Balaban J connectivity index is 2.20. The van der Waals surface area contributed by atoms with E-state index in [0.717, 1.165) is 24.6 Å². The Labute approximate surface area is 96.1 Å². The van der Waals surface area contributed by atoms with Crippen molar-refractivity contribution < 1.29 is 0 Å². The first-order chi connectivity index (χ1) is 7.83. The molecule has 1 aromatic carbocycles. The average molecular weight is 215 g/mol. The Kier molecular flexibility index (Phi) is 3.25. The molecule has 0 saturated heterocycles. The second-order valence-electron chi connectivity index (χ2n) is 3.72. The molecule has 0 amide bonds. The van der Waals surface area contributed by atoms with Gasteiger partial charge in [-0.2, -0.15) is 0 Å². The number of aromatic nitrogens is 2. The van der Waals surface area contributed by atoms with Gasteiger partial charge in [0, 0.05) is 24.6 Å². The summed E-state index contributed by atoms with van der Waals surface area (Å²) in [6.45, 7) is 5.19. The monoisotopic (exact) mass is 215 g/mol. The number of imidazole rings is 1. The molecular weight excluding hydrogens is 198 g/mol. The summed E-state index contributed by atoms with van der Waals surface area (Å²) in [5.41, 5.74) is 2.43. The van der Waals surface area contributed by atoms with Crippen molar-refractivity contribution in [2.45, 2.75) is 26.8 Å². The molecule has 0 atom stereocenters. The van der Waals surface area contributed by atoms with Gasteiger partial charge in [0.1, 0.15) is 0 Å². The fourth-order valence-electron chi connectivity index (χ4n) is 1.69. The van der Waals surface area contributed by atoms with Crippen LogP contribution in [0.2, 0.25) is 0 Å². The summed E-state index contributed by atoms with van der Waals surface area (Å²) < 4.78 is 2.08. The van der Waals surface area contributed by atoms with Gasteiger partial charge in [0.15, 0.2) is 0 Å². The van der Waals surface area contributed by atoms with E-state index in [1.165, 1.54) is 5.56 Å². The molecule has 2 rings (SSSR count). The molecule has 16 heavy (non-hydrogen) atoms. The molecule has 3 nitrogen and oxygen atoms in total. The Bertz CT molecular complexity index is 460. The molecule has 0 aliphatic carbocycles. The largest absolute Gasteiger partial charge is 0.326 e. The maximum Gasteiger partial charge on any atom is 0.207 e. The molecule has 0 radical (unpaired) electrons. The minimum atomic E-state index is 0.899. The molecule has 0 fully saturated rings. The maximum atomic E-state index is 4.29. The lowest BCUT2D eigenvalue weighted by Crippen LogP contribution is -2.01. The highest BCUT2D eigenvalue weighted by Crippen LogP contribution is 2.16. The Morgan fingerprint density at radius 2 is 2.19 bits per heavy atom. The van der Waals surface area contributed by atoms with Gasteiger partial charge in [0.25, 0.3) is 0 Å². The molecule has 1 aromatic heterocycles. The number of rotatable bonds is 4. The minimum absolute atomic E-state index is 0.899. The van der Waals surface area contributed by atoms with Gasteiger partial charge in [0.2, 0.25) is 5.95 Å². The molecule has 0 saturated carbocycles. The summed E-state index contributed by atoms with van der Waals surface area (Å²) in [7, 11) is 0. The van der Waals surface area contributed by atoms with Crippen molar-refractivity contribution in [2.75, 3.05) is 5.32 Å². The van der Waals surface area contributed by atoms with Gasteiger partial charge in [0.05, 0.1) is 0 Å². The van der Waals surface area contributed by atoms with Crippen LogP contribution in [0.25, 0.3) is 0 Å². The SMILES string of the molecule is CCc1cccc(Nc2nccn2CC)c1. The predicted molar refractivity (Wildman–Crippen MR) is 67.0 cm³/mol. The van der Waals surface area contributed by atoms with E-state index in [1.807, 2.05) is 12.4 Å².